The first kappa shape index (κ1) is 16.4. The Hall–Kier alpha value is -2.41. The van der Waals surface area contributed by atoms with Crippen LogP contribution in [0.15, 0.2) is 34.1 Å². The molecule has 1 aliphatic heterocycles. The van der Waals surface area contributed by atoms with Crippen LogP contribution in [0.4, 0.5) is 0 Å². The van der Waals surface area contributed by atoms with E-state index >= 15 is 0 Å². The van der Waals surface area contributed by atoms with Crippen LogP contribution in [0.5, 0.6) is 5.75 Å². The van der Waals surface area contributed by atoms with Gasteiger partial charge in [0.2, 0.25) is 0 Å². The van der Waals surface area contributed by atoms with Gasteiger partial charge in [0.25, 0.3) is 11.5 Å². The van der Waals surface area contributed by atoms with Gasteiger partial charge in [0.05, 0.1) is 11.1 Å². The minimum absolute atomic E-state index is 0.0122. The highest BCUT2D eigenvalue weighted by Crippen LogP contribution is 2.12. The van der Waals surface area contributed by atoms with Crippen molar-refractivity contribution in [2.24, 2.45) is 4.99 Å². The van der Waals surface area contributed by atoms with Gasteiger partial charge in [0.15, 0.2) is 11.4 Å². The molecule has 0 unspecified atom stereocenters. The molecule has 7 heteroatoms. The van der Waals surface area contributed by atoms with E-state index in [0.29, 0.717) is 23.4 Å². The van der Waals surface area contributed by atoms with Gasteiger partial charge in [-0.1, -0.05) is 23.5 Å². The molecule has 0 spiro atoms. The molecule has 0 fully saturated rings. The topological polar surface area (TPSA) is 72.7 Å². The highest BCUT2D eigenvalue weighted by molar-refractivity contribution is 7.07. The molecule has 0 radical (unpaired) electrons. The molecule has 0 atom stereocenters. The van der Waals surface area contributed by atoms with Crippen LogP contribution in [-0.2, 0) is 11.3 Å². The summed E-state index contributed by atoms with van der Waals surface area (Å²) in [5.74, 6) is 0.469. The Balaban J connectivity index is 1.70. The fraction of sp³-hybridized carbons (Fsp3) is 0.353. The Kier molecular flexibility index (Phi) is 4.80. The van der Waals surface area contributed by atoms with Crippen molar-refractivity contribution in [1.29, 1.82) is 0 Å². The molecule has 3 rings (SSSR count). The lowest BCUT2D eigenvalue weighted by Gasteiger charge is -2.09. The normalized spacial score (nSPS) is 13.7. The quantitative estimate of drug-likeness (QED) is 0.846. The molecule has 0 bridgehead atoms. The molecule has 0 saturated heterocycles. The van der Waals surface area contributed by atoms with Crippen molar-refractivity contribution in [1.82, 2.24) is 9.88 Å². The number of aromatic nitrogens is 1. The van der Waals surface area contributed by atoms with Crippen molar-refractivity contribution in [2.45, 2.75) is 26.4 Å². The summed E-state index contributed by atoms with van der Waals surface area (Å²) in [5, 5.41) is 2.77. The molecule has 1 amide bonds. The molecule has 0 saturated carbocycles. The van der Waals surface area contributed by atoms with Gasteiger partial charge in [0, 0.05) is 12.6 Å². The third-order valence-electron chi connectivity index (χ3n) is 3.46. The standard InChI is InChI=1S/C17H19N3O3S/c1-11(2)19-15(21)10-23-13-5-3-12(4-6-13)9-14-16(22)20-8-7-18-17(20)24-14/h3-6,9,11H,7-8,10H2,1-2H3,(H,19,21)/b14-9+. The number of thiazole rings is 1. The van der Waals surface area contributed by atoms with Crippen LogP contribution in [0.2, 0.25) is 0 Å². The fourth-order valence-corrected chi connectivity index (χ4v) is 3.42. The number of benzene rings is 1. The molecule has 6 nitrogen and oxygen atoms in total. The molecule has 1 aromatic carbocycles. The highest BCUT2D eigenvalue weighted by Gasteiger charge is 2.09. The lowest BCUT2D eigenvalue weighted by molar-refractivity contribution is -0.123. The van der Waals surface area contributed by atoms with E-state index in [0.717, 1.165) is 10.4 Å². The zero-order valence-electron chi connectivity index (χ0n) is 13.6. The van der Waals surface area contributed by atoms with Crippen molar-refractivity contribution in [2.75, 3.05) is 13.2 Å². The van der Waals surface area contributed by atoms with E-state index in [1.807, 2.05) is 32.1 Å². The molecule has 126 valence electrons. The number of carbonyl (C=O) groups excluding carboxylic acids is 1. The van der Waals surface area contributed by atoms with Gasteiger partial charge in [-0.05, 0) is 37.6 Å². The molecule has 2 heterocycles. The zero-order chi connectivity index (χ0) is 17.1. The molecule has 24 heavy (non-hydrogen) atoms. The third-order valence-corrected chi connectivity index (χ3v) is 4.50. The van der Waals surface area contributed by atoms with E-state index in [1.54, 1.807) is 16.7 Å². The van der Waals surface area contributed by atoms with Crippen molar-refractivity contribution >= 4 is 23.3 Å². The second kappa shape index (κ2) is 7.00. The molecule has 2 aromatic rings. The van der Waals surface area contributed by atoms with Gasteiger partial charge in [-0.15, -0.1) is 0 Å². The number of carbonyl (C=O) groups is 1. The number of rotatable bonds is 5. The summed E-state index contributed by atoms with van der Waals surface area (Å²) in [5.41, 5.74) is 0.925. The van der Waals surface area contributed by atoms with Gasteiger partial charge in [0.1, 0.15) is 5.75 Å². The van der Waals surface area contributed by atoms with E-state index in [9.17, 15) is 9.59 Å². The van der Waals surface area contributed by atoms with Crippen LogP contribution < -0.4 is 24.9 Å². The van der Waals surface area contributed by atoms with Crippen LogP contribution in [0.25, 0.3) is 6.08 Å². The Morgan fingerprint density at radius 2 is 2.17 bits per heavy atom. The van der Waals surface area contributed by atoms with Crippen molar-refractivity contribution in [3.05, 3.63) is 49.5 Å². The summed E-state index contributed by atoms with van der Waals surface area (Å²) in [7, 11) is 0. The second-order valence-corrected chi connectivity index (χ2v) is 6.82. The molecule has 0 aliphatic carbocycles. The van der Waals surface area contributed by atoms with Crippen LogP contribution in [-0.4, -0.2) is 29.7 Å². The third kappa shape index (κ3) is 3.73. The molecule has 1 aromatic heterocycles. The summed E-state index contributed by atoms with van der Waals surface area (Å²) < 4.78 is 7.83. The summed E-state index contributed by atoms with van der Waals surface area (Å²) in [4.78, 5) is 28.9. The van der Waals surface area contributed by atoms with Gasteiger partial charge < -0.3 is 10.1 Å². The van der Waals surface area contributed by atoms with E-state index in [4.69, 9.17) is 4.74 Å². The number of nitrogens with zero attached hydrogens (tertiary/aromatic N) is 2. The minimum atomic E-state index is -0.148. The van der Waals surface area contributed by atoms with Crippen LogP contribution in [0, 0.1) is 0 Å². The Morgan fingerprint density at radius 3 is 2.83 bits per heavy atom. The van der Waals surface area contributed by atoms with Gasteiger partial charge in [-0.25, -0.2) is 0 Å². The first-order valence-electron chi connectivity index (χ1n) is 7.81. The Labute approximate surface area is 143 Å². The average molecular weight is 345 g/mol. The minimum Gasteiger partial charge on any atom is -0.484 e. The maximum absolute atomic E-state index is 12.2. The Morgan fingerprint density at radius 1 is 1.42 bits per heavy atom. The van der Waals surface area contributed by atoms with Gasteiger partial charge in [-0.3, -0.25) is 19.1 Å². The zero-order valence-corrected chi connectivity index (χ0v) is 14.4. The predicted molar refractivity (Wildman–Crippen MR) is 93.0 cm³/mol. The molecule has 1 N–H and O–H groups in total. The summed E-state index contributed by atoms with van der Waals surface area (Å²) in [6, 6.07) is 7.40. The number of ether oxygens (including phenoxy) is 1. The number of amides is 1. The SMILES string of the molecule is CC(C)NC(=O)COc1ccc(/C=c2/sc3n(c2=O)CCN=3)cc1. The van der Waals surface area contributed by atoms with Gasteiger partial charge in [-0.2, -0.15) is 0 Å². The van der Waals surface area contributed by atoms with Crippen LogP contribution >= 0.6 is 11.3 Å². The van der Waals surface area contributed by atoms with E-state index in [2.05, 4.69) is 10.3 Å². The summed E-state index contributed by atoms with van der Waals surface area (Å²) in [6.07, 6.45) is 1.85. The smallest absolute Gasteiger partial charge is 0.270 e. The van der Waals surface area contributed by atoms with Crippen molar-refractivity contribution in [3.8, 4) is 5.75 Å². The van der Waals surface area contributed by atoms with Crippen molar-refractivity contribution in [3.63, 3.8) is 0 Å². The summed E-state index contributed by atoms with van der Waals surface area (Å²) in [6.45, 7) is 5.15. The molecular weight excluding hydrogens is 326 g/mol. The number of hydrogen-bond donors (Lipinski definition) is 1. The molecular formula is C17H19N3O3S. The number of nitrogens with one attached hydrogen (secondary N) is 1. The van der Waals surface area contributed by atoms with E-state index in [1.165, 1.54) is 11.3 Å². The largest absolute Gasteiger partial charge is 0.484 e. The monoisotopic (exact) mass is 345 g/mol. The Bertz CT molecular complexity index is 910. The summed E-state index contributed by atoms with van der Waals surface area (Å²) >= 11 is 1.41. The first-order chi connectivity index (χ1) is 11.5. The number of fused-ring (bicyclic) bond motifs is 1. The molecule has 1 aliphatic rings. The lowest BCUT2D eigenvalue weighted by Crippen LogP contribution is -2.34. The maximum Gasteiger partial charge on any atom is 0.270 e. The second-order valence-electron chi connectivity index (χ2n) is 5.81. The number of hydrogen-bond acceptors (Lipinski definition) is 5. The van der Waals surface area contributed by atoms with E-state index < -0.39 is 0 Å². The average Bonchev–Trinajstić information content (AvgIpc) is 3.10. The maximum atomic E-state index is 12.2. The van der Waals surface area contributed by atoms with E-state index in [-0.39, 0.29) is 24.1 Å². The highest BCUT2D eigenvalue weighted by atomic mass is 32.1. The van der Waals surface area contributed by atoms with Crippen LogP contribution in [0.1, 0.15) is 19.4 Å². The first-order valence-corrected chi connectivity index (χ1v) is 8.62. The predicted octanol–water partition coefficient (Wildman–Crippen LogP) is 0.275. The van der Waals surface area contributed by atoms with Gasteiger partial charge >= 0.3 is 0 Å². The fourth-order valence-electron chi connectivity index (χ4n) is 2.39. The van der Waals surface area contributed by atoms with Crippen LogP contribution in [0.3, 0.4) is 0 Å². The van der Waals surface area contributed by atoms with Crippen molar-refractivity contribution < 1.29 is 9.53 Å². The lowest BCUT2D eigenvalue weighted by atomic mass is 10.2.